The summed E-state index contributed by atoms with van der Waals surface area (Å²) >= 11 is 0. The van der Waals surface area contributed by atoms with Gasteiger partial charge in [0.05, 0.1) is 12.1 Å². The highest BCUT2D eigenvalue weighted by molar-refractivity contribution is 5.82. The number of hydrogen-bond donors (Lipinski definition) is 3. The fraction of sp³-hybridized carbons (Fsp3) is 0.875. The van der Waals surface area contributed by atoms with Crippen LogP contribution in [0.5, 0.6) is 0 Å². The van der Waals surface area contributed by atoms with Gasteiger partial charge in [-0.1, -0.05) is 6.92 Å². The molecule has 0 aliphatic carbocycles. The molecule has 0 amide bonds. The van der Waals surface area contributed by atoms with Crippen LogP contribution in [0.1, 0.15) is 20.3 Å². The lowest BCUT2D eigenvalue weighted by Crippen LogP contribution is -2.44. The van der Waals surface area contributed by atoms with E-state index in [2.05, 4.69) is 0 Å². The maximum Gasteiger partial charge on any atom is 0.108 e. The van der Waals surface area contributed by atoms with Crippen LogP contribution in [-0.4, -0.2) is 41.6 Å². The van der Waals surface area contributed by atoms with Crippen molar-refractivity contribution in [3.8, 4) is 0 Å². The summed E-state index contributed by atoms with van der Waals surface area (Å²) in [6.07, 6.45) is 0.432. The minimum atomic E-state index is -0.372. The second-order valence-electron chi connectivity index (χ2n) is 3.17. The molecule has 2 unspecified atom stereocenters. The molecule has 0 radical (unpaired) electrons. The summed E-state index contributed by atoms with van der Waals surface area (Å²) in [5.74, 6) is 0.167. The number of amidine groups is 1. The standard InChI is InChI=1S/C8H19N3O/c1-4-7(8(9)10)11(3)5-6(2)12/h6-7,12H,4-5H2,1-3H3,(H3,9,10). The van der Waals surface area contributed by atoms with Crippen LogP contribution in [-0.2, 0) is 0 Å². The van der Waals surface area contributed by atoms with Gasteiger partial charge >= 0.3 is 0 Å². The highest BCUT2D eigenvalue weighted by Crippen LogP contribution is 2.01. The van der Waals surface area contributed by atoms with Gasteiger partial charge in [0.25, 0.3) is 0 Å². The van der Waals surface area contributed by atoms with E-state index in [1.165, 1.54) is 0 Å². The topological polar surface area (TPSA) is 73.3 Å². The first-order valence-corrected chi connectivity index (χ1v) is 4.21. The van der Waals surface area contributed by atoms with Gasteiger partial charge < -0.3 is 10.8 Å². The minimum absolute atomic E-state index is 0.0420. The van der Waals surface area contributed by atoms with E-state index in [9.17, 15) is 0 Å². The van der Waals surface area contributed by atoms with Crippen molar-refractivity contribution in [1.82, 2.24) is 4.90 Å². The lowest BCUT2D eigenvalue weighted by Gasteiger charge is -2.26. The van der Waals surface area contributed by atoms with E-state index in [0.717, 1.165) is 6.42 Å². The van der Waals surface area contributed by atoms with Crippen molar-refractivity contribution in [3.63, 3.8) is 0 Å². The van der Waals surface area contributed by atoms with Crippen LogP contribution >= 0.6 is 0 Å². The largest absolute Gasteiger partial charge is 0.392 e. The summed E-state index contributed by atoms with van der Waals surface area (Å²) in [5.41, 5.74) is 5.38. The Morgan fingerprint density at radius 2 is 2.17 bits per heavy atom. The van der Waals surface area contributed by atoms with Crippen LogP contribution in [0.15, 0.2) is 0 Å². The summed E-state index contributed by atoms with van der Waals surface area (Å²) in [6.45, 7) is 4.26. The second-order valence-corrected chi connectivity index (χ2v) is 3.17. The molecule has 0 rings (SSSR count). The number of likely N-dealkylation sites (N-methyl/N-ethyl adjacent to an activating group) is 1. The van der Waals surface area contributed by atoms with Crippen LogP contribution in [0.3, 0.4) is 0 Å². The zero-order valence-electron chi connectivity index (χ0n) is 8.04. The number of nitrogens with zero attached hydrogens (tertiary/aromatic N) is 1. The van der Waals surface area contributed by atoms with Crippen molar-refractivity contribution in [2.24, 2.45) is 5.73 Å². The number of nitrogens with one attached hydrogen (secondary N) is 1. The molecule has 4 nitrogen and oxygen atoms in total. The summed E-state index contributed by atoms with van der Waals surface area (Å²) in [5, 5.41) is 16.4. The van der Waals surface area contributed by atoms with Crippen LogP contribution in [0.4, 0.5) is 0 Å². The predicted octanol–water partition coefficient (Wildman–Crippen LogP) is 0.0136. The van der Waals surface area contributed by atoms with Crippen LogP contribution in [0, 0.1) is 5.41 Å². The highest BCUT2D eigenvalue weighted by Gasteiger charge is 2.16. The van der Waals surface area contributed by atoms with E-state index in [1.54, 1.807) is 6.92 Å². The number of aliphatic hydroxyl groups excluding tert-OH is 1. The van der Waals surface area contributed by atoms with Gasteiger partial charge in [0.2, 0.25) is 0 Å². The summed E-state index contributed by atoms with van der Waals surface area (Å²) < 4.78 is 0. The average molecular weight is 173 g/mol. The molecule has 0 aromatic rings. The van der Waals surface area contributed by atoms with Gasteiger partial charge in [0.15, 0.2) is 0 Å². The average Bonchev–Trinajstić information content (AvgIpc) is 1.85. The Morgan fingerprint density at radius 3 is 2.42 bits per heavy atom. The Kier molecular flexibility index (Phi) is 4.85. The van der Waals surface area contributed by atoms with Crippen molar-refractivity contribution in [2.75, 3.05) is 13.6 Å². The molecule has 12 heavy (non-hydrogen) atoms. The van der Waals surface area contributed by atoms with Gasteiger partial charge in [-0.05, 0) is 20.4 Å². The van der Waals surface area contributed by atoms with Crippen molar-refractivity contribution < 1.29 is 5.11 Å². The van der Waals surface area contributed by atoms with Gasteiger partial charge in [0.1, 0.15) is 5.84 Å². The normalized spacial score (nSPS) is 16.1. The monoisotopic (exact) mass is 173 g/mol. The van der Waals surface area contributed by atoms with Gasteiger partial charge in [0, 0.05) is 6.54 Å². The van der Waals surface area contributed by atoms with Gasteiger partial charge in [-0.15, -0.1) is 0 Å². The van der Waals surface area contributed by atoms with Crippen molar-refractivity contribution in [3.05, 3.63) is 0 Å². The molecular formula is C8H19N3O. The maximum atomic E-state index is 9.10. The van der Waals surface area contributed by atoms with E-state index in [-0.39, 0.29) is 18.0 Å². The van der Waals surface area contributed by atoms with Gasteiger partial charge in [-0.2, -0.15) is 0 Å². The predicted molar refractivity (Wildman–Crippen MR) is 50.3 cm³/mol. The first-order chi connectivity index (χ1) is 5.49. The molecule has 0 heterocycles. The zero-order chi connectivity index (χ0) is 9.72. The molecule has 0 saturated carbocycles. The van der Waals surface area contributed by atoms with E-state index >= 15 is 0 Å². The molecule has 0 aromatic carbocycles. The number of aliphatic hydroxyl groups is 1. The molecular weight excluding hydrogens is 154 g/mol. The fourth-order valence-corrected chi connectivity index (χ4v) is 1.31. The second kappa shape index (κ2) is 5.11. The molecule has 4 N–H and O–H groups in total. The fourth-order valence-electron chi connectivity index (χ4n) is 1.31. The minimum Gasteiger partial charge on any atom is -0.392 e. The molecule has 0 spiro atoms. The number of rotatable bonds is 5. The Bertz CT molecular complexity index is 147. The van der Waals surface area contributed by atoms with Crippen molar-refractivity contribution in [1.29, 1.82) is 5.41 Å². The Hall–Kier alpha value is -0.610. The molecule has 0 fully saturated rings. The van der Waals surface area contributed by atoms with Crippen LogP contribution < -0.4 is 5.73 Å². The molecule has 72 valence electrons. The summed E-state index contributed by atoms with van der Waals surface area (Å²) in [7, 11) is 1.86. The third-order valence-electron chi connectivity index (χ3n) is 1.83. The van der Waals surface area contributed by atoms with Gasteiger partial charge in [-0.3, -0.25) is 10.3 Å². The number of nitrogens with two attached hydrogens (primary N) is 1. The quantitative estimate of drug-likeness (QED) is 0.405. The summed E-state index contributed by atoms with van der Waals surface area (Å²) in [4.78, 5) is 1.90. The van der Waals surface area contributed by atoms with Crippen molar-refractivity contribution >= 4 is 5.84 Å². The first kappa shape index (κ1) is 11.4. The van der Waals surface area contributed by atoms with Crippen molar-refractivity contribution in [2.45, 2.75) is 32.4 Å². The molecule has 0 aliphatic rings. The Balaban J connectivity index is 4.02. The Labute approximate surface area is 73.9 Å². The van der Waals surface area contributed by atoms with E-state index in [4.69, 9.17) is 16.2 Å². The third-order valence-corrected chi connectivity index (χ3v) is 1.83. The molecule has 2 atom stereocenters. The van der Waals surface area contributed by atoms with Gasteiger partial charge in [-0.25, -0.2) is 0 Å². The lowest BCUT2D eigenvalue weighted by molar-refractivity contribution is 0.131. The molecule has 0 bridgehead atoms. The summed E-state index contributed by atoms with van der Waals surface area (Å²) in [6, 6.07) is -0.0420. The maximum absolute atomic E-state index is 9.10. The zero-order valence-corrected chi connectivity index (χ0v) is 8.04. The highest BCUT2D eigenvalue weighted by atomic mass is 16.3. The van der Waals surface area contributed by atoms with E-state index in [1.807, 2.05) is 18.9 Å². The number of hydrogen-bond acceptors (Lipinski definition) is 3. The molecule has 0 saturated heterocycles. The third kappa shape index (κ3) is 3.69. The lowest BCUT2D eigenvalue weighted by atomic mass is 10.1. The molecule has 4 heteroatoms. The SMILES string of the molecule is CCC(C(=N)N)N(C)CC(C)O. The van der Waals surface area contributed by atoms with E-state index < -0.39 is 0 Å². The van der Waals surface area contributed by atoms with Crippen LogP contribution in [0.25, 0.3) is 0 Å². The first-order valence-electron chi connectivity index (χ1n) is 4.21. The smallest absolute Gasteiger partial charge is 0.108 e. The molecule has 0 aromatic heterocycles. The van der Waals surface area contributed by atoms with Crippen LogP contribution in [0.2, 0.25) is 0 Å². The molecule has 0 aliphatic heterocycles. The Morgan fingerprint density at radius 1 is 1.67 bits per heavy atom. The van der Waals surface area contributed by atoms with E-state index in [0.29, 0.717) is 6.54 Å².